The average Bonchev–Trinajstić information content (AvgIpc) is 3.57. The number of hydrogen-bond donors (Lipinski definition) is 1. The summed E-state index contributed by atoms with van der Waals surface area (Å²) in [6.07, 6.45) is 1.46. The number of amidine groups is 2. The topological polar surface area (TPSA) is 62.8 Å². The van der Waals surface area contributed by atoms with Gasteiger partial charge in [0, 0.05) is 22.7 Å². The fourth-order valence-electron chi connectivity index (χ4n) is 7.31. The highest BCUT2D eigenvalue weighted by atomic mass is 16.3. The summed E-state index contributed by atoms with van der Waals surface area (Å²) in [5.41, 5.74) is 6.46. The molecule has 0 saturated heterocycles. The molecule has 1 unspecified atom stereocenters. The molecule has 1 aliphatic heterocycles. The molecule has 1 N–H and O–H groups in total. The van der Waals surface area contributed by atoms with Crippen LogP contribution in [0.25, 0.3) is 65.4 Å². The Morgan fingerprint density at radius 2 is 1.27 bits per heavy atom. The predicted octanol–water partition coefficient (Wildman–Crippen LogP) is 10.6. The van der Waals surface area contributed by atoms with Gasteiger partial charge in [0.2, 0.25) is 0 Å². The van der Waals surface area contributed by atoms with Crippen LogP contribution in [0.2, 0.25) is 0 Å². The van der Waals surface area contributed by atoms with Crippen LogP contribution in [0.15, 0.2) is 172 Å². The largest absolute Gasteiger partial charge is 0.455 e. The number of nitrogens with one attached hydrogen (secondary N) is 1. The predicted molar refractivity (Wildman–Crippen MR) is 201 cm³/mol. The van der Waals surface area contributed by atoms with Crippen LogP contribution in [-0.4, -0.2) is 16.7 Å². The minimum atomic E-state index is -0.325. The van der Waals surface area contributed by atoms with E-state index in [1.54, 1.807) is 6.20 Å². The van der Waals surface area contributed by atoms with Gasteiger partial charge in [-0.25, -0.2) is 9.98 Å². The first-order valence-corrected chi connectivity index (χ1v) is 16.5. The average molecular weight is 629 g/mol. The number of pyridine rings is 1. The van der Waals surface area contributed by atoms with Crippen molar-refractivity contribution in [2.24, 2.45) is 9.98 Å². The number of nitrogens with zero attached hydrogens (tertiary/aromatic N) is 3. The van der Waals surface area contributed by atoms with E-state index in [2.05, 4.69) is 115 Å². The van der Waals surface area contributed by atoms with Crippen molar-refractivity contribution >= 4 is 65.9 Å². The van der Waals surface area contributed by atoms with Crippen LogP contribution < -0.4 is 5.32 Å². The van der Waals surface area contributed by atoms with Gasteiger partial charge in [0.15, 0.2) is 5.84 Å². The smallest absolute Gasteiger partial charge is 0.178 e. The second kappa shape index (κ2) is 11.0. The molecule has 0 aliphatic carbocycles. The van der Waals surface area contributed by atoms with Gasteiger partial charge < -0.3 is 9.73 Å². The lowest BCUT2D eigenvalue weighted by molar-refractivity contribution is 0.668. The highest BCUT2D eigenvalue weighted by molar-refractivity contribution is 6.25. The molecule has 0 bridgehead atoms. The maximum Gasteiger partial charge on any atom is 0.178 e. The van der Waals surface area contributed by atoms with Crippen LogP contribution in [0.3, 0.4) is 0 Å². The lowest BCUT2D eigenvalue weighted by Crippen LogP contribution is -2.33. The molecule has 0 amide bonds. The zero-order valence-electron chi connectivity index (χ0n) is 26.3. The zero-order valence-corrected chi connectivity index (χ0v) is 26.3. The van der Waals surface area contributed by atoms with Crippen LogP contribution in [0.5, 0.6) is 0 Å². The fraction of sp³-hybridized carbons (Fsp3) is 0.0227. The maximum absolute atomic E-state index is 6.78. The number of para-hydroxylation sites is 1. The quantitative estimate of drug-likeness (QED) is 0.197. The summed E-state index contributed by atoms with van der Waals surface area (Å²) in [6, 6.07) is 52.8. The Morgan fingerprint density at radius 3 is 2.12 bits per heavy atom. The lowest BCUT2D eigenvalue weighted by atomic mass is 9.90. The molecule has 0 radical (unpaired) electrons. The second-order valence-electron chi connectivity index (χ2n) is 12.4. The van der Waals surface area contributed by atoms with Gasteiger partial charge in [0.05, 0.1) is 5.39 Å². The van der Waals surface area contributed by atoms with E-state index in [4.69, 9.17) is 19.4 Å². The maximum atomic E-state index is 6.78. The summed E-state index contributed by atoms with van der Waals surface area (Å²) in [4.78, 5) is 15.1. The third-order valence-corrected chi connectivity index (χ3v) is 9.58. The standard InChI is InChI=1S/C44H28N4O/c1-3-13-28(14-4-1)42-46-43(29-15-5-2-6-16-29)48-44(47-42)40-39-35-21-11-20-34(41(35)49-38(39)24-25-45-40)37-26-36-30-17-8-7-12-27(30)22-23-33(36)31-18-9-10-19-32(31)37/h1-26,42H,(H,46,47,48). The number of hydrogen-bond acceptors (Lipinski definition) is 5. The molecule has 3 heterocycles. The Hall–Kier alpha value is -6.59. The monoisotopic (exact) mass is 628 g/mol. The molecule has 49 heavy (non-hydrogen) atoms. The van der Waals surface area contributed by atoms with Gasteiger partial charge in [0.1, 0.15) is 28.9 Å². The van der Waals surface area contributed by atoms with Crippen molar-refractivity contribution in [3.63, 3.8) is 0 Å². The summed E-state index contributed by atoms with van der Waals surface area (Å²) < 4.78 is 6.78. The Morgan fingerprint density at radius 1 is 0.551 bits per heavy atom. The highest BCUT2D eigenvalue weighted by Gasteiger charge is 2.25. The Kier molecular flexibility index (Phi) is 6.18. The van der Waals surface area contributed by atoms with Crippen LogP contribution in [-0.2, 0) is 0 Å². The van der Waals surface area contributed by atoms with Crippen LogP contribution in [0, 0.1) is 0 Å². The fourth-order valence-corrected chi connectivity index (χ4v) is 7.31. The molecule has 0 spiro atoms. The summed E-state index contributed by atoms with van der Waals surface area (Å²) in [5.74, 6) is 1.31. The van der Waals surface area contributed by atoms with Gasteiger partial charge >= 0.3 is 0 Å². The molecular weight excluding hydrogens is 601 g/mol. The Balaban J connectivity index is 1.22. The summed E-state index contributed by atoms with van der Waals surface area (Å²) in [6.45, 7) is 0. The van der Waals surface area contributed by atoms with Crippen molar-refractivity contribution in [2.45, 2.75) is 6.17 Å². The molecular formula is C44H28N4O. The number of aliphatic imine (C=N–C) groups is 2. The number of fused-ring (bicyclic) bond motifs is 8. The molecule has 230 valence electrons. The van der Waals surface area contributed by atoms with Crippen molar-refractivity contribution < 1.29 is 4.42 Å². The van der Waals surface area contributed by atoms with Crippen LogP contribution >= 0.6 is 0 Å². The van der Waals surface area contributed by atoms with Gasteiger partial charge in [-0.05, 0) is 55.6 Å². The minimum Gasteiger partial charge on any atom is -0.455 e. The summed E-state index contributed by atoms with van der Waals surface area (Å²) >= 11 is 0. The normalized spacial score (nSPS) is 14.7. The van der Waals surface area contributed by atoms with Gasteiger partial charge in [0.25, 0.3) is 0 Å². The van der Waals surface area contributed by atoms with E-state index in [1.807, 2.05) is 42.5 Å². The molecule has 5 nitrogen and oxygen atoms in total. The summed E-state index contributed by atoms with van der Waals surface area (Å²) in [7, 11) is 0. The van der Waals surface area contributed by atoms with Crippen molar-refractivity contribution in [3.8, 4) is 11.1 Å². The molecule has 1 aliphatic rings. The molecule has 5 heteroatoms. The SMILES string of the molecule is c1ccc(C2=NC(c3nccc4oc5c(-c6cc7c8ccccc8ccc7c7ccccc67)cccc5c34)=NC(c3ccccc3)N2)cc1. The van der Waals surface area contributed by atoms with Gasteiger partial charge in [-0.3, -0.25) is 4.98 Å². The number of rotatable bonds is 4. The molecule has 7 aromatic carbocycles. The Bertz CT molecular complexity index is 2800. The number of furan rings is 1. The first kappa shape index (κ1) is 27.5. The van der Waals surface area contributed by atoms with Crippen LogP contribution in [0.4, 0.5) is 0 Å². The Labute approximate surface area is 281 Å². The van der Waals surface area contributed by atoms with Gasteiger partial charge in [-0.1, -0.05) is 140 Å². The van der Waals surface area contributed by atoms with E-state index in [9.17, 15) is 0 Å². The van der Waals surface area contributed by atoms with Gasteiger partial charge in [-0.2, -0.15) is 0 Å². The molecule has 9 aromatic rings. The van der Waals surface area contributed by atoms with Crippen molar-refractivity contribution in [1.82, 2.24) is 10.3 Å². The van der Waals surface area contributed by atoms with E-state index in [-0.39, 0.29) is 6.17 Å². The summed E-state index contributed by atoms with van der Waals surface area (Å²) in [5, 5.41) is 12.8. The third-order valence-electron chi connectivity index (χ3n) is 9.58. The highest BCUT2D eigenvalue weighted by Crippen LogP contribution is 2.43. The van der Waals surface area contributed by atoms with E-state index < -0.39 is 0 Å². The third kappa shape index (κ3) is 4.44. The molecule has 1 atom stereocenters. The first-order chi connectivity index (χ1) is 24.3. The number of aromatic nitrogens is 1. The molecule has 0 fully saturated rings. The number of benzene rings is 7. The lowest BCUT2D eigenvalue weighted by Gasteiger charge is -2.23. The first-order valence-electron chi connectivity index (χ1n) is 16.5. The molecule has 10 rings (SSSR count). The van der Waals surface area contributed by atoms with Crippen molar-refractivity contribution in [2.75, 3.05) is 0 Å². The van der Waals surface area contributed by atoms with Crippen LogP contribution in [0.1, 0.15) is 23.0 Å². The zero-order chi connectivity index (χ0) is 32.3. The van der Waals surface area contributed by atoms with Crippen molar-refractivity contribution in [1.29, 1.82) is 0 Å². The molecule has 2 aromatic heterocycles. The van der Waals surface area contributed by atoms with E-state index >= 15 is 0 Å². The van der Waals surface area contributed by atoms with E-state index in [0.29, 0.717) is 11.5 Å². The second-order valence-corrected chi connectivity index (χ2v) is 12.4. The minimum absolute atomic E-state index is 0.325. The van der Waals surface area contributed by atoms with E-state index in [1.165, 1.54) is 32.3 Å². The van der Waals surface area contributed by atoms with E-state index in [0.717, 1.165) is 50.0 Å². The van der Waals surface area contributed by atoms with Gasteiger partial charge in [-0.15, -0.1) is 0 Å². The van der Waals surface area contributed by atoms with Crippen molar-refractivity contribution in [3.05, 3.63) is 175 Å². The molecule has 0 saturated carbocycles.